The van der Waals surface area contributed by atoms with Gasteiger partial charge >= 0.3 is 0 Å². The van der Waals surface area contributed by atoms with Crippen LogP contribution in [-0.2, 0) is 0 Å². The minimum absolute atomic E-state index is 0.345. The van der Waals surface area contributed by atoms with Crippen molar-refractivity contribution in [2.45, 2.75) is 6.92 Å². The third kappa shape index (κ3) is 4.62. The van der Waals surface area contributed by atoms with Gasteiger partial charge in [0.1, 0.15) is 5.52 Å². The van der Waals surface area contributed by atoms with Gasteiger partial charge in [-0.05, 0) is 37.3 Å². The average Bonchev–Trinajstić information content (AvgIpc) is 2.84. The van der Waals surface area contributed by atoms with E-state index in [0.29, 0.717) is 51.2 Å². The lowest BCUT2D eigenvalue weighted by molar-refractivity contribution is 0.102. The Morgan fingerprint density at radius 3 is 2.24 bits per heavy atom. The van der Waals surface area contributed by atoms with E-state index in [4.69, 9.17) is 14.2 Å². The number of anilines is 3. The molecule has 2 heterocycles. The van der Waals surface area contributed by atoms with Crippen LogP contribution >= 0.6 is 0 Å². The molecule has 0 fully saturated rings. The summed E-state index contributed by atoms with van der Waals surface area (Å²) in [5.74, 6) is 1.42. The lowest BCUT2D eigenvalue weighted by Crippen LogP contribution is -2.14. The second kappa shape index (κ2) is 9.39. The Morgan fingerprint density at radius 2 is 1.61 bits per heavy atom. The molecule has 0 aliphatic rings. The number of nitrogens with one attached hydrogen (secondary N) is 2. The van der Waals surface area contributed by atoms with Gasteiger partial charge in [0.2, 0.25) is 5.75 Å². The maximum absolute atomic E-state index is 13.0. The van der Waals surface area contributed by atoms with Crippen molar-refractivity contribution >= 4 is 34.3 Å². The number of carbonyl (C=O) groups is 1. The largest absolute Gasteiger partial charge is 0.493 e. The number of para-hydroxylation sites is 1. The number of ether oxygens (including phenoxy) is 3. The standard InChI is InChI=1S/C24H23N5O4/c1-14-17(28-24(30)15-10-19(31-2)22(33-4)20(11-15)32-3)12-18-23(26-14)29-21(13-25-18)27-16-8-6-5-7-9-16/h5-13H,1-4H3,(H,28,30)(H,26,27,29). The van der Waals surface area contributed by atoms with Gasteiger partial charge in [0.15, 0.2) is 23.0 Å². The Kier molecular flexibility index (Phi) is 6.21. The zero-order valence-corrected chi connectivity index (χ0v) is 18.7. The van der Waals surface area contributed by atoms with Gasteiger partial charge in [-0.2, -0.15) is 0 Å². The molecular weight excluding hydrogens is 422 g/mol. The number of pyridine rings is 1. The first-order valence-electron chi connectivity index (χ1n) is 10.1. The number of hydrogen-bond acceptors (Lipinski definition) is 8. The van der Waals surface area contributed by atoms with Gasteiger partial charge in [0.05, 0.1) is 38.9 Å². The summed E-state index contributed by atoms with van der Waals surface area (Å²) in [5.41, 5.74) is 3.40. The predicted octanol–water partition coefficient (Wildman–Crippen LogP) is 4.35. The average molecular weight is 445 g/mol. The van der Waals surface area contributed by atoms with E-state index < -0.39 is 0 Å². The van der Waals surface area contributed by atoms with Gasteiger partial charge in [0, 0.05) is 11.3 Å². The minimum atomic E-state index is -0.353. The maximum Gasteiger partial charge on any atom is 0.255 e. The van der Waals surface area contributed by atoms with Crippen molar-refractivity contribution in [3.05, 3.63) is 66.0 Å². The highest BCUT2D eigenvalue weighted by molar-refractivity contribution is 6.06. The van der Waals surface area contributed by atoms with Crippen molar-refractivity contribution in [3.8, 4) is 17.2 Å². The fourth-order valence-electron chi connectivity index (χ4n) is 3.30. The van der Waals surface area contributed by atoms with Gasteiger partial charge in [-0.3, -0.25) is 4.79 Å². The summed E-state index contributed by atoms with van der Waals surface area (Å²) in [5, 5.41) is 6.07. The van der Waals surface area contributed by atoms with Crippen LogP contribution in [0.4, 0.5) is 17.2 Å². The van der Waals surface area contributed by atoms with Crippen molar-refractivity contribution in [3.63, 3.8) is 0 Å². The van der Waals surface area contributed by atoms with Gasteiger partial charge < -0.3 is 24.8 Å². The molecule has 2 N–H and O–H groups in total. The van der Waals surface area contributed by atoms with Crippen LogP contribution in [0, 0.1) is 6.92 Å². The molecule has 1 amide bonds. The van der Waals surface area contributed by atoms with Gasteiger partial charge in [-0.25, -0.2) is 15.0 Å². The monoisotopic (exact) mass is 445 g/mol. The van der Waals surface area contributed by atoms with E-state index in [-0.39, 0.29) is 5.91 Å². The molecule has 0 aliphatic carbocycles. The summed E-state index contributed by atoms with van der Waals surface area (Å²) < 4.78 is 16.0. The summed E-state index contributed by atoms with van der Waals surface area (Å²) in [7, 11) is 4.50. The number of carbonyl (C=O) groups excluding carboxylic acids is 1. The van der Waals surface area contributed by atoms with Crippen LogP contribution < -0.4 is 24.8 Å². The van der Waals surface area contributed by atoms with Crippen molar-refractivity contribution in [1.82, 2.24) is 15.0 Å². The van der Waals surface area contributed by atoms with E-state index in [1.54, 1.807) is 31.3 Å². The lowest BCUT2D eigenvalue weighted by atomic mass is 10.1. The fourth-order valence-corrected chi connectivity index (χ4v) is 3.30. The van der Waals surface area contributed by atoms with Crippen LogP contribution in [0.1, 0.15) is 16.1 Å². The molecule has 2 aromatic heterocycles. The number of aromatic nitrogens is 3. The number of nitrogens with zero attached hydrogens (tertiary/aromatic N) is 3. The molecule has 0 saturated heterocycles. The normalized spacial score (nSPS) is 10.5. The predicted molar refractivity (Wildman–Crippen MR) is 126 cm³/mol. The number of aryl methyl sites for hydroxylation is 1. The molecular formula is C24H23N5O4. The SMILES string of the molecule is COc1cc(C(=O)Nc2cc3ncc(Nc4ccccc4)nc3nc2C)cc(OC)c1OC. The molecule has 9 heteroatoms. The Morgan fingerprint density at radius 1 is 0.909 bits per heavy atom. The molecule has 4 rings (SSSR count). The molecule has 4 aromatic rings. The summed E-state index contributed by atoms with van der Waals surface area (Å²) in [4.78, 5) is 26.5. The molecule has 0 atom stereocenters. The molecule has 0 aliphatic heterocycles. The Bertz CT molecular complexity index is 1290. The van der Waals surface area contributed by atoms with Crippen LogP contribution in [0.15, 0.2) is 54.7 Å². The quantitative estimate of drug-likeness (QED) is 0.432. The molecule has 0 unspecified atom stereocenters. The Hall–Kier alpha value is -4.40. The van der Waals surface area contributed by atoms with Crippen LogP contribution in [-0.4, -0.2) is 42.2 Å². The summed E-state index contributed by atoms with van der Waals surface area (Å²) in [6.07, 6.45) is 1.62. The fraction of sp³-hybridized carbons (Fsp3) is 0.167. The molecule has 2 aromatic carbocycles. The maximum atomic E-state index is 13.0. The van der Waals surface area contributed by atoms with Gasteiger partial charge in [-0.1, -0.05) is 18.2 Å². The highest BCUT2D eigenvalue weighted by Crippen LogP contribution is 2.38. The smallest absolute Gasteiger partial charge is 0.255 e. The van der Waals surface area contributed by atoms with E-state index in [1.807, 2.05) is 30.3 Å². The van der Waals surface area contributed by atoms with Gasteiger partial charge in [0.25, 0.3) is 5.91 Å². The van der Waals surface area contributed by atoms with E-state index in [1.165, 1.54) is 21.3 Å². The topological polar surface area (TPSA) is 107 Å². The molecule has 9 nitrogen and oxygen atoms in total. The van der Waals surface area contributed by atoms with Crippen LogP contribution in [0.2, 0.25) is 0 Å². The van der Waals surface area contributed by atoms with Crippen molar-refractivity contribution in [2.75, 3.05) is 32.0 Å². The first kappa shape index (κ1) is 21.8. The van der Waals surface area contributed by atoms with E-state index in [2.05, 4.69) is 25.6 Å². The highest BCUT2D eigenvalue weighted by Gasteiger charge is 2.18. The molecule has 0 saturated carbocycles. The second-order valence-electron chi connectivity index (χ2n) is 7.08. The summed E-state index contributed by atoms with van der Waals surface area (Å²) in [6, 6.07) is 14.6. The molecule has 168 valence electrons. The first-order valence-corrected chi connectivity index (χ1v) is 10.1. The van der Waals surface area contributed by atoms with Gasteiger partial charge in [-0.15, -0.1) is 0 Å². The zero-order chi connectivity index (χ0) is 23.4. The highest BCUT2D eigenvalue weighted by atomic mass is 16.5. The van der Waals surface area contributed by atoms with Crippen LogP contribution in [0.5, 0.6) is 17.2 Å². The summed E-state index contributed by atoms with van der Waals surface area (Å²) >= 11 is 0. The number of hydrogen-bond donors (Lipinski definition) is 2. The zero-order valence-electron chi connectivity index (χ0n) is 18.7. The minimum Gasteiger partial charge on any atom is -0.493 e. The summed E-state index contributed by atoms with van der Waals surface area (Å²) in [6.45, 7) is 1.79. The van der Waals surface area contributed by atoms with E-state index in [9.17, 15) is 4.79 Å². The molecule has 0 bridgehead atoms. The Balaban J connectivity index is 1.60. The van der Waals surface area contributed by atoms with E-state index >= 15 is 0 Å². The molecule has 0 radical (unpaired) electrons. The molecule has 33 heavy (non-hydrogen) atoms. The number of methoxy groups -OCH3 is 3. The number of amides is 1. The van der Waals surface area contributed by atoms with Crippen LogP contribution in [0.25, 0.3) is 11.2 Å². The third-order valence-corrected chi connectivity index (χ3v) is 4.95. The number of fused-ring (bicyclic) bond motifs is 1. The number of rotatable bonds is 7. The lowest BCUT2D eigenvalue weighted by Gasteiger charge is -2.14. The van der Waals surface area contributed by atoms with Crippen LogP contribution in [0.3, 0.4) is 0 Å². The third-order valence-electron chi connectivity index (χ3n) is 4.95. The Labute approximate surface area is 190 Å². The second-order valence-corrected chi connectivity index (χ2v) is 7.08. The number of benzene rings is 2. The van der Waals surface area contributed by atoms with Crippen molar-refractivity contribution in [1.29, 1.82) is 0 Å². The molecule has 0 spiro atoms. The van der Waals surface area contributed by atoms with E-state index in [0.717, 1.165) is 5.69 Å². The van der Waals surface area contributed by atoms with Crippen molar-refractivity contribution in [2.24, 2.45) is 0 Å². The van der Waals surface area contributed by atoms with Crippen molar-refractivity contribution < 1.29 is 19.0 Å². The first-order chi connectivity index (χ1) is 16.0.